The molecule has 0 radical (unpaired) electrons. The van der Waals surface area contributed by atoms with Crippen LogP contribution in [0.1, 0.15) is 26.0 Å². The molecule has 0 bridgehead atoms. The van der Waals surface area contributed by atoms with Crippen molar-refractivity contribution in [3.8, 4) is 0 Å². The van der Waals surface area contributed by atoms with Gasteiger partial charge in [-0.3, -0.25) is 4.79 Å². The van der Waals surface area contributed by atoms with Crippen LogP contribution in [0.5, 0.6) is 0 Å². The number of aromatic nitrogens is 1. The highest BCUT2D eigenvalue weighted by atomic mass is 32.2. The third kappa shape index (κ3) is 3.77. The Morgan fingerprint density at radius 3 is 2.88 bits per heavy atom. The molecule has 0 spiro atoms. The first kappa shape index (κ1) is 13.5. The van der Waals surface area contributed by atoms with E-state index in [1.54, 1.807) is 30.0 Å². The zero-order chi connectivity index (χ0) is 12.3. The lowest BCUT2D eigenvalue weighted by molar-refractivity contribution is -0.142. The average molecular weight is 260 g/mol. The van der Waals surface area contributed by atoms with Crippen LogP contribution >= 0.6 is 23.1 Å². The van der Waals surface area contributed by atoms with E-state index >= 15 is 0 Å². The van der Waals surface area contributed by atoms with Crippen molar-refractivity contribution in [2.75, 3.05) is 0 Å². The number of nitrogens with two attached hydrogens (primary N) is 1. The van der Waals surface area contributed by atoms with Gasteiger partial charge in [0.1, 0.15) is 9.88 Å². The van der Waals surface area contributed by atoms with Crippen LogP contribution in [0, 0.1) is 6.92 Å². The Hall–Kier alpha value is -0.590. The monoisotopic (exact) mass is 260 g/mol. The number of carbonyl (C=O) groups is 1. The second-order valence-electron chi connectivity index (χ2n) is 4.11. The highest BCUT2D eigenvalue weighted by molar-refractivity contribution is 8.01. The van der Waals surface area contributed by atoms with Gasteiger partial charge in [0.05, 0.1) is 0 Å². The van der Waals surface area contributed by atoms with Crippen LogP contribution in [0.25, 0.3) is 0 Å². The first-order valence-corrected chi connectivity index (χ1v) is 6.68. The van der Waals surface area contributed by atoms with Crippen LogP contribution in [0.3, 0.4) is 0 Å². The second-order valence-corrected chi connectivity index (χ2v) is 6.65. The van der Waals surface area contributed by atoms with Crippen molar-refractivity contribution in [1.82, 2.24) is 4.98 Å². The summed E-state index contributed by atoms with van der Waals surface area (Å²) in [5.74, 6) is -0.963. The van der Waals surface area contributed by atoms with Gasteiger partial charge in [-0.15, -0.1) is 11.3 Å². The molecule has 1 aromatic rings. The largest absolute Gasteiger partial charge is 0.480 e. The third-order valence-corrected chi connectivity index (χ3v) is 4.29. The molecule has 2 atom stereocenters. The predicted octanol–water partition coefficient (Wildman–Crippen LogP) is 2.12. The van der Waals surface area contributed by atoms with Gasteiger partial charge >= 0.3 is 5.97 Å². The van der Waals surface area contributed by atoms with Crippen molar-refractivity contribution >= 4 is 29.1 Å². The maximum atomic E-state index is 10.9. The van der Waals surface area contributed by atoms with Crippen molar-refractivity contribution in [1.29, 1.82) is 0 Å². The van der Waals surface area contributed by atoms with E-state index in [0.717, 1.165) is 10.0 Å². The fraction of sp³-hybridized carbons (Fsp3) is 0.600. The zero-order valence-corrected chi connectivity index (χ0v) is 11.2. The highest BCUT2D eigenvalue weighted by Gasteiger charge is 2.30. The molecule has 0 aromatic carbocycles. The summed E-state index contributed by atoms with van der Waals surface area (Å²) in [6, 6.07) is 0. The third-order valence-electron chi connectivity index (χ3n) is 2.10. The topological polar surface area (TPSA) is 76.2 Å². The maximum Gasteiger partial charge on any atom is 0.323 e. The number of aryl methyl sites for hydroxylation is 1. The van der Waals surface area contributed by atoms with Gasteiger partial charge < -0.3 is 10.8 Å². The first-order valence-electron chi connectivity index (χ1n) is 4.92. The molecular formula is C10H16N2O2S2. The summed E-state index contributed by atoms with van der Waals surface area (Å²) in [4.78, 5) is 15.2. The van der Waals surface area contributed by atoms with Gasteiger partial charge in [-0.1, -0.05) is 18.7 Å². The van der Waals surface area contributed by atoms with E-state index in [1.807, 2.05) is 19.2 Å². The Balaban J connectivity index is 2.54. The Morgan fingerprint density at radius 1 is 1.81 bits per heavy atom. The number of rotatable bonds is 5. The second kappa shape index (κ2) is 5.16. The van der Waals surface area contributed by atoms with Crippen LogP contribution in [-0.4, -0.2) is 26.8 Å². The summed E-state index contributed by atoms with van der Waals surface area (Å²) in [6.07, 6.45) is 0.422. The fourth-order valence-corrected chi connectivity index (χ4v) is 3.64. The quantitative estimate of drug-likeness (QED) is 0.793. The number of hydrogen-bond donors (Lipinski definition) is 2. The number of carboxylic acids is 1. The van der Waals surface area contributed by atoms with Crippen LogP contribution in [0.15, 0.2) is 9.72 Å². The molecule has 1 rings (SSSR count). The molecule has 90 valence electrons. The normalized spacial score (nSPS) is 16.8. The standard InChI is InChI=1S/C10H16N2O2S2/c1-6-5-15-9(12-6)16-7(2)4-10(3,11)8(13)14/h5,7H,4,11H2,1-3H3,(H,13,14). The molecule has 6 heteroatoms. The molecule has 0 aliphatic rings. The Kier molecular flexibility index (Phi) is 4.35. The van der Waals surface area contributed by atoms with Crippen molar-refractivity contribution in [2.24, 2.45) is 5.73 Å². The molecule has 0 saturated heterocycles. The van der Waals surface area contributed by atoms with Gasteiger partial charge in [-0.05, 0) is 20.3 Å². The van der Waals surface area contributed by atoms with E-state index in [-0.39, 0.29) is 5.25 Å². The predicted molar refractivity (Wildman–Crippen MR) is 67.0 cm³/mol. The van der Waals surface area contributed by atoms with Crippen LogP contribution in [-0.2, 0) is 4.79 Å². The van der Waals surface area contributed by atoms with Crippen LogP contribution in [0.4, 0.5) is 0 Å². The minimum Gasteiger partial charge on any atom is -0.480 e. The number of carboxylic acid groups (broad SMARTS) is 1. The van der Waals surface area contributed by atoms with Crippen molar-refractivity contribution in [2.45, 2.75) is 42.3 Å². The van der Waals surface area contributed by atoms with Gasteiger partial charge in [0, 0.05) is 16.3 Å². The van der Waals surface area contributed by atoms with E-state index in [9.17, 15) is 4.79 Å². The molecule has 1 aromatic heterocycles. The van der Waals surface area contributed by atoms with E-state index < -0.39 is 11.5 Å². The van der Waals surface area contributed by atoms with Gasteiger partial charge in [-0.2, -0.15) is 0 Å². The Bertz CT molecular complexity index is 377. The highest BCUT2D eigenvalue weighted by Crippen LogP contribution is 2.30. The Morgan fingerprint density at radius 2 is 2.44 bits per heavy atom. The van der Waals surface area contributed by atoms with Crippen molar-refractivity contribution in [3.63, 3.8) is 0 Å². The molecule has 3 N–H and O–H groups in total. The van der Waals surface area contributed by atoms with Crippen LogP contribution in [0.2, 0.25) is 0 Å². The first-order chi connectivity index (χ1) is 7.31. The number of thiazole rings is 1. The molecule has 1 heterocycles. The summed E-state index contributed by atoms with van der Waals surface area (Å²) >= 11 is 3.15. The fourth-order valence-electron chi connectivity index (χ4n) is 1.28. The minimum atomic E-state index is -1.17. The van der Waals surface area contributed by atoms with Gasteiger partial charge in [0.2, 0.25) is 0 Å². The molecule has 0 amide bonds. The maximum absolute atomic E-state index is 10.9. The molecular weight excluding hydrogens is 244 g/mol. The smallest absolute Gasteiger partial charge is 0.323 e. The Labute approximate surface area is 103 Å². The number of nitrogens with zero attached hydrogens (tertiary/aromatic N) is 1. The van der Waals surface area contributed by atoms with E-state index in [4.69, 9.17) is 10.8 Å². The summed E-state index contributed by atoms with van der Waals surface area (Å²) in [5, 5.41) is 11.0. The molecule has 0 aliphatic carbocycles. The zero-order valence-electron chi connectivity index (χ0n) is 9.56. The van der Waals surface area contributed by atoms with Gasteiger partial charge in [0.25, 0.3) is 0 Å². The summed E-state index contributed by atoms with van der Waals surface area (Å²) in [7, 11) is 0. The van der Waals surface area contributed by atoms with Gasteiger partial charge in [0.15, 0.2) is 0 Å². The lowest BCUT2D eigenvalue weighted by Crippen LogP contribution is -2.46. The van der Waals surface area contributed by atoms with E-state index in [2.05, 4.69) is 4.98 Å². The van der Waals surface area contributed by atoms with Crippen molar-refractivity contribution in [3.05, 3.63) is 11.1 Å². The molecule has 4 nitrogen and oxygen atoms in total. The summed E-state index contributed by atoms with van der Waals surface area (Å²) < 4.78 is 0.964. The molecule has 2 unspecified atom stereocenters. The van der Waals surface area contributed by atoms with Gasteiger partial charge in [-0.25, -0.2) is 4.98 Å². The summed E-state index contributed by atoms with van der Waals surface area (Å²) in [6.45, 7) is 5.45. The van der Waals surface area contributed by atoms with E-state index in [1.165, 1.54) is 0 Å². The van der Waals surface area contributed by atoms with E-state index in [0.29, 0.717) is 6.42 Å². The molecule has 0 fully saturated rings. The number of hydrogen-bond acceptors (Lipinski definition) is 5. The molecule has 0 aliphatic heterocycles. The minimum absolute atomic E-state index is 0.136. The van der Waals surface area contributed by atoms with Crippen LogP contribution < -0.4 is 5.73 Å². The number of thioether (sulfide) groups is 1. The summed E-state index contributed by atoms with van der Waals surface area (Å²) in [5.41, 5.74) is 5.52. The number of aliphatic carboxylic acids is 1. The molecule has 0 saturated carbocycles. The lowest BCUT2D eigenvalue weighted by atomic mass is 9.98. The average Bonchev–Trinajstić information content (AvgIpc) is 2.49. The SMILES string of the molecule is Cc1csc(SC(C)CC(C)(N)C(=O)O)n1. The molecule has 16 heavy (non-hydrogen) atoms. The lowest BCUT2D eigenvalue weighted by Gasteiger charge is -2.22. The van der Waals surface area contributed by atoms with Crippen molar-refractivity contribution < 1.29 is 9.90 Å².